The molecule has 0 radical (unpaired) electrons. The first-order chi connectivity index (χ1) is 10.1. The van der Waals surface area contributed by atoms with Crippen LogP contribution in [0.3, 0.4) is 0 Å². The third-order valence-electron chi connectivity index (χ3n) is 3.23. The SMILES string of the molecule is COc1ccc(C(C#N)C(=O)c2ccc(C)cc2Cl)cc1. The highest BCUT2D eigenvalue weighted by molar-refractivity contribution is 6.34. The minimum atomic E-state index is -0.879. The highest BCUT2D eigenvalue weighted by Crippen LogP contribution is 2.27. The van der Waals surface area contributed by atoms with Crippen LogP contribution in [0, 0.1) is 18.3 Å². The summed E-state index contributed by atoms with van der Waals surface area (Å²) in [7, 11) is 1.56. The molecule has 0 aliphatic carbocycles. The van der Waals surface area contributed by atoms with Gasteiger partial charge in [0.2, 0.25) is 0 Å². The van der Waals surface area contributed by atoms with Crippen LogP contribution in [0.5, 0.6) is 5.75 Å². The summed E-state index contributed by atoms with van der Waals surface area (Å²) in [5, 5.41) is 9.71. The Morgan fingerprint density at radius 1 is 1.24 bits per heavy atom. The summed E-state index contributed by atoms with van der Waals surface area (Å²) in [6.45, 7) is 1.89. The highest BCUT2D eigenvalue weighted by Gasteiger charge is 2.23. The summed E-state index contributed by atoms with van der Waals surface area (Å²) < 4.78 is 5.07. The molecule has 0 bridgehead atoms. The van der Waals surface area contributed by atoms with Gasteiger partial charge in [0.05, 0.1) is 18.2 Å². The molecule has 0 amide bonds. The molecule has 2 aromatic rings. The average molecular weight is 300 g/mol. The molecule has 0 spiro atoms. The summed E-state index contributed by atoms with van der Waals surface area (Å²) in [5.74, 6) is -0.500. The first-order valence-electron chi connectivity index (χ1n) is 6.40. The molecule has 0 aromatic heterocycles. The number of hydrogen-bond donors (Lipinski definition) is 0. The van der Waals surface area contributed by atoms with Crippen molar-refractivity contribution in [2.24, 2.45) is 0 Å². The first-order valence-corrected chi connectivity index (χ1v) is 6.78. The van der Waals surface area contributed by atoms with Crippen molar-refractivity contribution in [3.63, 3.8) is 0 Å². The van der Waals surface area contributed by atoms with Crippen LogP contribution < -0.4 is 4.74 Å². The Balaban J connectivity index is 2.36. The fraction of sp³-hybridized carbons (Fsp3) is 0.176. The number of ketones is 1. The van der Waals surface area contributed by atoms with E-state index < -0.39 is 5.92 Å². The van der Waals surface area contributed by atoms with Crippen molar-refractivity contribution in [3.8, 4) is 11.8 Å². The molecule has 0 heterocycles. The lowest BCUT2D eigenvalue weighted by Gasteiger charge is -2.11. The van der Waals surface area contributed by atoms with Crippen molar-refractivity contribution in [1.82, 2.24) is 0 Å². The maximum absolute atomic E-state index is 12.5. The minimum Gasteiger partial charge on any atom is -0.497 e. The van der Waals surface area contributed by atoms with Gasteiger partial charge in [-0.05, 0) is 42.3 Å². The smallest absolute Gasteiger partial charge is 0.185 e. The lowest BCUT2D eigenvalue weighted by atomic mass is 9.91. The molecule has 1 atom stereocenters. The van der Waals surface area contributed by atoms with Gasteiger partial charge >= 0.3 is 0 Å². The largest absolute Gasteiger partial charge is 0.497 e. The Labute approximate surface area is 128 Å². The lowest BCUT2D eigenvalue weighted by molar-refractivity contribution is 0.0979. The van der Waals surface area contributed by atoms with Gasteiger partial charge in [-0.2, -0.15) is 5.26 Å². The van der Waals surface area contributed by atoms with E-state index in [1.54, 1.807) is 43.5 Å². The quantitative estimate of drug-likeness (QED) is 0.797. The van der Waals surface area contributed by atoms with Crippen LogP contribution in [0.15, 0.2) is 42.5 Å². The van der Waals surface area contributed by atoms with Crippen molar-refractivity contribution in [2.75, 3.05) is 7.11 Å². The van der Waals surface area contributed by atoms with Gasteiger partial charge in [0.25, 0.3) is 0 Å². The number of Topliss-reactive ketones (excluding diaryl/α,β-unsaturated/α-hetero) is 1. The molecule has 106 valence electrons. The van der Waals surface area contributed by atoms with E-state index in [4.69, 9.17) is 16.3 Å². The van der Waals surface area contributed by atoms with Crippen LogP contribution in [0.4, 0.5) is 0 Å². The Morgan fingerprint density at radius 2 is 1.90 bits per heavy atom. The van der Waals surface area contributed by atoms with Crippen molar-refractivity contribution in [2.45, 2.75) is 12.8 Å². The Morgan fingerprint density at radius 3 is 2.43 bits per heavy atom. The summed E-state index contributed by atoms with van der Waals surface area (Å²) in [6.07, 6.45) is 0. The first kappa shape index (κ1) is 15.1. The number of methoxy groups -OCH3 is 1. The fourth-order valence-corrected chi connectivity index (χ4v) is 2.38. The average Bonchev–Trinajstić information content (AvgIpc) is 2.48. The van der Waals surface area contributed by atoms with E-state index in [9.17, 15) is 10.1 Å². The van der Waals surface area contributed by atoms with E-state index in [0.717, 1.165) is 5.56 Å². The van der Waals surface area contributed by atoms with Gasteiger partial charge in [-0.25, -0.2) is 0 Å². The van der Waals surface area contributed by atoms with Crippen molar-refractivity contribution in [1.29, 1.82) is 5.26 Å². The number of carbonyl (C=O) groups excluding carboxylic acids is 1. The molecule has 0 saturated carbocycles. The van der Waals surface area contributed by atoms with Gasteiger partial charge in [0.1, 0.15) is 11.7 Å². The molecule has 4 heteroatoms. The summed E-state index contributed by atoms with van der Waals surface area (Å²) >= 11 is 6.11. The number of nitrogens with zero attached hydrogens (tertiary/aromatic N) is 1. The molecule has 0 fully saturated rings. The normalized spacial score (nSPS) is 11.5. The van der Waals surface area contributed by atoms with Crippen LogP contribution in [0.1, 0.15) is 27.4 Å². The van der Waals surface area contributed by atoms with Crippen LogP contribution in [0.25, 0.3) is 0 Å². The summed E-state index contributed by atoms with van der Waals surface area (Å²) in [6, 6.07) is 14.1. The fourth-order valence-electron chi connectivity index (χ4n) is 2.06. The molecule has 0 saturated heterocycles. The molecule has 3 nitrogen and oxygen atoms in total. The molecule has 0 N–H and O–H groups in total. The van der Waals surface area contributed by atoms with Crippen molar-refractivity contribution >= 4 is 17.4 Å². The number of carbonyl (C=O) groups is 1. The Hall–Kier alpha value is -2.31. The molecular formula is C17H14ClNO2. The number of ether oxygens (including phenoxy) is 1. The van der Waals surface area contributed by atoms with E-state index in [0.29, 0.717) is 21.9 Å². The summed E-state index contributed by atoms with van der Waals surface area (Å²) in [4.78, 5) is 12.5. The van der Waals surface area contributed by atoms with Gasteiger partial charge < -0.3 is 4.74 Å². The van der Waals surface area contributed by atoms with Crippen LogP contribution in [-0.4, -0.2) is 12.9 Å². The standard InChI is InChI=1S/C17H14ClNO2/c1-11-3-8-14(16(18)9-11)17(20)15(10-19)12-4-6-13(21-2)7-5-12/h3-9,15H,1-2H3. The number of aryl methyl sites for hydroxylation is 1. The van der Waals surface area contributed by atoms with E-state index in [2.05, 4.69) is 0 Å². The second-order valence-electron chi connectivity index (χ2n) is 4.68. The number of rotatable bonds is 4. The van der Waals surface area contributed by atoms with Crippen molar-refractivity contribution in [3.05, 3.63) is 64.2 Å². The maximum atomic E-state index is 12.5. The number of halogens is 1. The van der Waals surface area contributed by atoms with Gasteiger partial charge in [0, 0.05) is 5.56 Å². The Kier molecular flexibility index (Phi) is 4.62. The van der Waals surface area contributed by atoms with E-state index in [1.165, 1.54) is 0 Å². The highest BCUT2D eigenvalue weighted by atomic mass is 35.5. The summed E-state index contributed by atoms with van der Waals surface area (Å²) in [5.41, 5.74) is 1.96. The van der Waals surface area contributed by atoms with Gasteiger partial charge in [-0.15, -0.1) is 0 Å². The topological polar surface area (TPSA) is 50.1 Å². The molecule has 0 aliphatic rings. The third kappa shape index (κ3) is 3.24. The van der Waals surface area contributed by atoms with Crippen molar-refractivity contribution < 1.29 is 9.53 Å². The van der Waals surface area contributed by atoms with Gasteiger partial charge in [-0.1, -0.05) is 29.8 Å². The zero-order valence-electron chi connectivity index (χ0n) is 11.8. The Bertz CT molecular complexity index is 702. The minimum absolute atomic E-state index is 0.298. The molecular weight excluding hydrogens is 286 g/mol. The van der Waals surface area contributed by atoms with Crippen LogP contribution >= 0.6 is 11.6 Å². The lowest BCUT2D eigenvalue weighted by Crippen LogP contribution is -2.12. The van der Waals surface area contributed by atoms with Gasteiger partial charge in [-0.3, -0.25) is 4.79 Å². The predicted octanol–water partition coefficient (Wildman–Crippen LogP) is 4.15. The molecule has 2 rings (SSSR count). The van der Waals surface area contributed by atoms with Gasteiger partial charge in [0.15, 0.2) is 5.78 Å². The number of hydrogen-bond acceptors (Lipinski definition) is 3. The number of nitriles is 1. The second kappa shape index (κ2) is 6.43. The van der Waals surface area contributed by atoms with E-state index in [1.807, 2.05) is 19.1 Å². The van der Waals surface area contributed by atoms with Crippen LogP contribution in [-0.2, 0) is 0 Å². The maximum Gasteiger partial charge on any atom is 0.185 e. The number of benzene rings is 2. The predicted molar refractivity (Wildman–Crippen MR) is 81.9 cm³/mol. The third-order valence-corrected chi connectivity index (χ3v) is 3.54. The molecule has 1 unspecified atom stereocenters. The molecule has 21 heavy (non-hydrogen) atoms. The zero-order valence-corrected chi connectivity index (χ0v) is 12.5. The monoisotopic (exact) mass is 299 g/mol. The zero-order chi connectivity index (χ0) is 15.4. The molecule has 2 aromatic carbocycles. The second-order valence-corrected chi connectivity index (χ2v) is 5.09. The van der Waals surface area contributed by atoms with E-state index >= 15 is 0 Å². The van der Waals surface area contributed by atoms with Crippen LogP contribution in [0.2, 0.25) is 5.02 Å². The van der Waals surface area contributed by atoms with E-state index in [-0.39, 0.29) is 5.78 Å². The molecule has 0 aliphatic heterocycles.